The van der Waals surface area contributed by atoms with E-state index in [1.165, 1.54) is 6.21 Å². The first-order valence-electron chi connectivity index (χ1n) is 10.7. The lowest BCUT2D eigenvalue weighted by Gasteiger charge is -2.54. The van der Waals surface area contributed by atoms with E-state index in [0.717, 1.165) is 37.2 Å². The number of ether oxygens (including phenoxy) is 1. The number of fused-ring (bicyclic) bond motifs is 1. The molecule has 2 aromatic rings. The van der Waals surface area contributed by atoms with E-state index < -0.39 is 0 Å². The van der Waals surface area contributed by atoms with Gasteiger partial charge in [-0.15, -0.1) is 0 Å². The van der Waals surface area contributed by atoms with E-state index in [1.807, 2.05) is 31.3 Å². The summed E-state index contributed by atoms with van der Waals surface area (Å²) in [5.41, 5.74) is 5.06. The van der Waals surface area contributed by atoms with Gasteiger partial charge in [0.15, 0.2) is 0 Å². The van der Waals surface area contributed by atoms with Gasteiger partial charge >= 0.3 is 0 Å². The molecule has 2 unspecified atom stereocenters. The summed E-state index contributed by atoms with van der Waals surface area (Å²) in [6.45, 7) is 2.35. The molecule has 0 saturated carbocycles. The van der Waals surface area contributed by atoms with Crippen molar-refractivity contribution in [3.63, 3.8) is 0 Å². The van der Waals surface area contributed by atoms with Gasteiger partial charge in [-0.2, -0.15) is 5.10 Å². The second-order valence-corrected chi connectivity index (χ2v) is 8.25. The number of likely N-dealkylation sites (tertiary alicyclic amines) is 1. The van der Waals surface area contributed by atoms with Crippen LogP contribution in [0.4, 0.5) is 17.2 Å². The average Bonchev–Trinajstić information content (AvgIpc) is 2.80. The highest BCUT2D eigenvalue weighted by atomic mass is 16.5. The molecule has 33 heavy (non-hydrogen) atoms. The zero-order valence-corrected chi connectivity index (χ0v) is 18.7. The first-order chi connectivity index (χ1) is 15.5. The van der Waals surface area contributed by atoms with Crippen LogP contribution in [0.25, 0.3) is 0 Å². The van der Waals surface area contributed by atoms with Crippen molar-refractivity contribution in [1.82, 2.24) is 9.88 Å². The summed E-state index contributed by atoms with van der Waals surface area (Å²) in [5.74, 6) is 2.08. The van der Waals surface area contributed by atoms with Crippen molar-refractivity contribution in [3.05, 3.63) is 42.1 Å². The van der Waals surface area contributed by atoms with Gasteiger partial charge in [0.2, 0.25) is 0 Å². The minimum atomic E-state index is -0.0586. The minimum absolute atomic E-state index is 0. The zero-order valence-electron chi connectivity index (χ0n) is 18.7. The maximum Gasteiger partial charge on any atom is 0.256 e. The van der Waals surface area contributed by atoms with Crippen molar-refractivity contribution in [2.24, 2.45) is 11.0 Å². The van der Waals surface area contributed by atoms with Crippen LogP contribution in [0.1, 0.15) is 25.6 Å². The number of pyridine rings is 1. The number of nitrogens with one attached hydrogen (secondary N) is 2. The van der Waals surface area contributed by atoms with Crippen molar-refractivity contribution in [3.8, 4) is 5.75 Å². The zero-order chi connectivity index (χ0) is 22.7. The van der Waals surface area contributed by atoms with Gasteiger partial charge in [-0.1, -0.05) is 7.43 Å². The van der Waals surface area contributed by atoms with E-state index >= 15 is 0 Å². The first-order valence-corrected chi connectivity index (χ1v) is 10.7. The summed E-state index contributed by atoms with van der Waals surface area (Å²) < 4.78 is 5.33. The van der Waals surface area contributed by atoms with Gasteiger partial charge in [-0.3, -0.25) is 10.2 Å². The fraction of sp³-hybridized carbons (Fsp3) is 0.417. The summed E-state index contributed by atoms with van der Waals surface area (Å²) in [4.78, 5) is 24.3. The van der Waals surface area contributed by atoms with Gasteiger partial charge in [-0.05, 0) is 30.7 Å². The Morgan fingerprint density at radius 2 is 2.15 bits per heavy atom. The molecular weight excluding hydrogens is 418 g/mol. The highest BCUT2D eigenvalue weighted by molar-refractivity contribution is 6.14. The molecule has 0 aliphatic carbocycles. The summed E-state index contributed by atoms with van der Waals surface area (Å²) >= 11 is 0. The number of carbonyl (C=O) groups is 1. The Kier molecular flexibility index (Phi) is 7.52. The van der Waals surface area contributed by atoms with Crippen LogP contribution in [0.2, 0.25) is 0 Å². The van der Waals surface area contributed by atoms with E-state index in [-0.39, 0.29) is 20.8 Å². The SMILES string of the molecule is C.COc1ccc(N/N=C\C=N)c(C(=O)N2CCC3CN(c4cc(N(C)C)ccn4)C3C2)c1.[HH]. The molecule has 9 nitrogen and oxygen atoms in total. The van der Waals surface area contributed by atoms with E-state index in [2.05, 4.69) is 31.4 Å². The molecule has 2 N–H and O–H groups in total. The summed E-state index contributed by atoms with van der Waals surface area (Å²) in [5, 5.41) is 11.0. The predicted octanol–water partition coefficient (Wildman–Crippen LogP) is 3.44. The quantitative estimate of drug-likeness (QED) is 0.492. The fourth-order valence-electron chi connectivity index (χ4n) is 4.33. The number of hydrogen-bond donors (Lipinski definition) is 2. The Labute approximate surface area is 197 Å². The molecule has 1 amide bonds. The van der Waals surface area contributed by atoms with Crippen LogP contribution in [-0.2, 0) is 0 Å². The standard InChI is InChI=1S/C23H29N7O2.CH4.H2/c1-28(2)17-6-9-25-22(12-17)30-14-16-7-11-29(15-21(16)30)23(31)19-13-18(32-3)4-5-20(19)27-26-10-8-24;;/h4-6,8-10,12-13,16,21,24,27H,7,11,14-15H2,1-3H3;1H4;1H/b24-8?,26-10-;;. The molecule has 0 bridgehead atoms. The number of rotatable bonds is 7. The highest BCUT2D eigenvalue weighted by Crippen LogP contribution is 2.37. The summed E-state index contributed by atoms with van der Waals surface area (Å²) in [6, 6.07) is 9.64. The van der Waals surface area contributed by atoms with Crippen LogP contribution in [0, 0.1) is 11.3 Å². The molecule has 1 aromatic heterocycles. The molecule has 3 heterocycles. The number of hydrazone groups is 1. The Morgan fingerprint density at radius 3 is 2.88 bits per heavy atom. The smallest absolute Gasteiger partial charge is 0.256 e. The number of benzene rings is 1. The van der Waals surface area contributed by atoms with Crippen molar-refractivity contribution >= 4 is 35.5 Å². The Morgan fingerprint density at radius 1 is 1.33 bits per heavy atom. The molecule has 178 valence electrons. The maximum atomic E-state index is 13.5. The fourth-order valence-corrected chi connectivity index (χ4v) is 4.33. The lowest BCUT2D eigenvalue weighted by molar-refractivity contribution is 0.0592. The molecule has 0 spiro atoms. The number of hydrogen-bond acceptors (Lipinski definition) is 8. The molecule has 2 aliphatic rings. The van der Waals surface area contributed by atoms with E-state index in [4.69, 9.17) is 10.1 Å². The van der Waals surface area contributed by atoms with E-state index in [0.29, 0.717) is 29.5 Å². The molecule has 2 atom stereocenters. The summed E-state index contributed by atoms with van der Waals surface area (Å²) in [6.07, 6.45) is 5.21. The number of anilines is 3. The topological polar surface area (TPSA) is 97.1 Å². The van der Waals surface area contributed by atoms with Crippen molar-refractivity contribution in [1.29, 1.82) is 5.41 Å². The third kappa shape index (κ3) is 4.92. The molecule has 2 saturated heterocycles. The van der Waals surface area contributed by atoms with Crippen LogP contribution in [-0.4, -0.2) is 75.1 Å². The number of methoxy groups -OCH3 is 1. The second kappa shape index (κ2) is 10.3. The normalized spacial score (nSPS) is 19.2. The lowest BCUT2D eigenvalue weighted by atomic mass is 9.82. The van der Waals surface area contributed by atoms with Gasteiger partial charge in [-0.25, -0.2) is 4.98 Å². The van der Waals surface area contributed by atoms with E-state index in [1.54, 1.807) is 25.3 Å². The second-order valence-electron chi connectivity index (χ2n) is 8.25. The van der Waals surface area contributed by atoms with Crippen LogP contribution in [0.3, 0.4) is 0 Å². The first kappa shape index (κ1) is 24.0. The van der Waals surface area contributed by atoms with Gasteiger partial charge < -0.3 is 24.8 Å². The monoisotopic (exact) mass is 453 g/mol. The molecule has 0 radical (unpaired) electrons. The van der Waals surface area contributed by atoms with Crippen LogP contribution < -0.4 is 20.0 Å². The van der Waals surface area contributed by atoms with Crippen LogP contribution >= 0.6 is 0 Å². The molecule has 2 fully saturated rings. The largest absolute Gasteiger partial charge is 0.497 e. The Hall–Kier alpha value is -3.62. The average molecular weight is 454 g/mol. The van der Waals surface area contributed by atoms with Gasteiger partial charge in [0.25, 0.3) is 5.91 Å². The maximum absolute atomic E-state index is 13.5. The van der Waals surface area contributed by atoms with Gasteiger partial charge in [0.05, 0.1) is 30.6 Å². The number of carbonyl (C=O) groups excluding carboxylic acids is 1. The molecule has 1 aromatic carbocycles. The molecule has 2 aliphatic heterocycles. The molecule has 9 heteroatoms. The van der Waals surface area contributed by atoms with Crippen molar-refractivity contribution in [2.45, 2.75) is 19.9 Å². The number of amides is 1. The number of aromatic nitrogens is 1. The minimum Gasteiger partial charge on any atom is -0.497 e. The van der Waals surface area contributed by atoms with Crippen molar-refractivity contribution in [2.75, 3.05) is 56.1 Å². The van der Waals surface area contributed by atoms with Gasteiger partial charge in [0.1, 0.15) is 11.6 Å². The highest BCUT2D eigenvalue weighted by Gasteiger charge is 2.44. The molecule has 4 rings (SSSR count). The van der Waals surface area contributed by atoms with Crippen molar-refractivity contribution < 1.29 is 11.0 Å². The van der Waals surface area contributed by atoms with Crippen LogP contribution in [0.5, 0.6) is 5.75 Å². The van der Waals surface area contributed by atoms with Gasteiger partial charge in [0, 0.05) is 65.2 Å². The van der Waals surface area contributed by atoms with E-state index in [9.17, 15) is 4.79 Å². The Balaban J connectivity index is 0.00000204. The van der Waals surface area contributed by atoms with Crippen LogP contribution in [0.15, 0.2) is 41.6 Å². The third-order valence-corrected chi connectivity index (χ3v) is 6.17. The predicted molar refractivity (Wildman–Crippen MR) is 136 cm³/mol. The third-order valence-electron chi connectivity index (χ3n) is 6.17. The number of piperidine rings is 1. The number of nitrogens with zero attached hydrogens (tertiary/aromatic N) is 5. The Bertz CT molecular complexity index is 1030. The molecular formula is C24H35N7O2. The lowest BCUT2D eigenvalue weighted by Crippen LogP contribution is -2.65. The summed E-state index contributed by atoms with van der Waals surface area (Å²) in [7, 11) is 5.62.